The molecule has 1 fully saturated rings. The van der Waals surface area contributed by atoms with E-state index < -0.39 is 0 Å². The summed E-state index contributed by atoms with van der Waals surface area (Å²) in [4.78, 5) is 29.5. The van der Waals surface area contributed by atoms with Crippen molar-refractivity contribution in [2.75, 3.05) is 36.4 Å². The Morgan fingerprint density at radius 1 is 0.571 bits per heavy atom. The number of nitrogens with one attached hydrogen (secondary N) is 1. The molecule has 0 saturated carbocycles. The molecular weight excluding hydrogens is 434 g/mol. The Kier molecular flexibility index (Phi) is 6.57. The summed E-state index contributed by atoms with van der Waals surface area (Å²) in [5.41, 5.74) is 5.40. The number of rotatable bonds is 5. The summed E-state index contributed by atoms with van der Waals surface area (Å²) < 4.78 is 0. The lowest BCUT2D eigenvalue weighted by molar-refractivity contribution is 0.0746. The first-order valence-corrected chi connectivity index (χ1v) is 11.8. The maximum Gasteiger partial charge on any atom is 0.255 e. The minimum atomic E-state index is -0.134. The lowest BCUT2D eigenvalue weighted by atomic mass is 10.0. The second-order valence-electron chi connectivity index (χ2n) is 8.59. The zero-order chi connectivity index (χ0) is 24.0. The Morgan fingerprint density at radius 3 is 1.77 bits per heavy atom. The Balaban J connectivity index is 1.16. The van der Waals surface area contributed by atoms with Gasteiger partial charge in [-0.05, 0) is 59.7 Å². The fourth-order valence-corrected chi connectivity index (χ4v) is 4.33. The molecule has 174 valence electrons. The van der Waals surface area contributed by atoms with Gasteiger partial charge in [-0.2, -0.15) is 0 Å². The van der Waals surface area contributed by atoms with Gasteiger partial charge in [-0.3, -0.25) is 9.59 Å². The summed E-state index contributed by atoms with van der Waals surface area (Å²) >= 11 is 0. The number of hydrogen-bond donors (Lipinski definition) is 1. The summed E-state index contributed by atoms with van der Waals surface area (Å²) in [6, 6.07) is 35.0. The third-order valence-electron chi connectivity index (χ3n) is 6.33. The van der Waals surface area contributed by atoms with Gasteiger partial charge in [0.1, 0.15) is 0 Å². The molecule has 1 saturated heterocycles. The summed E-state index contributed by atoms with van der Waals surface area (Å²) in [5.74, 6) is -0.0505. The quantitative estimate of drug-likeness (QED) is 0.423. The van der Waals surface area contributed by atoms with Crippen molar-refractivity contribution >= 4 is 23.2 Å². The van der Waals surface area contributed by atoms with Gasteiger partial charge in [0, 0.05) is 48.7 Å². The summed E-state index contributed by atoms with van der Waals surface area (Å²) in [6.07, 6.45) is 0. The number of carbonyl (C=O) groups excluding carboxylic acids is 2. The van der Waals surface area contributed by atoms with Crippen LogP contribution >= 0.6 is 0 Å². The zero-order valence-electron chi connectivity index (χ0n) is 19.4. The Labute approximate surface area is 205 Å². The van der Waals surface area contributed by atoms with Crippen LogP contribution in [-0.4, -0.2) is 42.9 Å². The van der Waals surface area contributed by atoms with Crippen molar-refractivity contribution in [3.8, 4) is 11.1 Å². The van der Waals surface area contributed by atoms with Crippen LogP contribution < -0.4 is 10.2 Å². The fourth-order valence-electron chi connectivity index (χ4n) is 4.33. The third-order valence-corrected chi connectivity index (χ3v) is 6.33. The van der Waals surface area contributed by atoms with Gasteiger partial charge in [-0.15, -0.1) is 0 Å². The van der Waals surface area contributed by atoms with Gasteiger partial charge >= 0.3 is 0 Å². The van der Waals surface area contributed by atoms with Crippen LogP contribution in [0.3, 0.4) is 0 Å². The van der Waals surface area contributed by atoms with Gasteiger partial charge in [0.2, 0.25) is 0 Å². The number of amides is 2. The number of anilines is 2. The molecule has 5 nitrogen and oxygen atoms in total. The van der Waals surface area contributed by atoms with E-state index in [2.05, 4.69) is 22.3 Å². The van der Waals surface area contributed by atoms with Crippen molar-refractivity contribution in [3.05, 3.63) is 120 Å². The van der Waals surface area contributed by atoms with Gasteiger partial charge in [-0.1, -0.05) is 60.7 Å². The predicted molar refractivity (Wildman–Crippen MR) is 141 cm³/mol. The normalized spacial score (nSPS) is 13.4. The van der Waals surface area contributed by atoms with Crippen molar-refractivity contribution in [2.24, 2.45) is 0 Å². The minimum Gasteiger partial charge on any atom is -0.368 e. The van der Waals surface area contributed by atoms with Crippen molar-refractivity contribution in [2.45, 2.75) is 0 Å². The van der Waals surface area contributed by atoms with E-state index in [1.54, 1.807) is 0 Å². The van der Waals surface area contributed by atoms with E-state index in [1.165, 1.54) is 0 Å². The van der Waals surface area contributed by atoms with Crippen molar-refractivity contribution < 1.29 is 9.59 Å². The first kappa shape index (κ1) is 22.4. The average molecular weight is 462 g/mol. The van der Waals surface area contributed by atoms with Crippen LogP contribution in [0.5, 0.6) is 0 Å². The van der Waals surface area contributed by atoms with Crippen LogP contribution in [0.4, 0.5) is 11.4 Å². The molecule has 35 heavy (non-hydrogen) atoms. The van der Waals surface area contributed by atoms with E-state index in [1.807, 2.05) is 102 Å². The molecule has 4 aromatic carbocycles. The monoisotopic (exact) mass is 461 g/mol. The molecule has 0 bridgehead atoms. The Bertz CT molecular complexity index is 1280. The molecule has 1 N–H and O–H groups in total. The molecule has 0 atom stereocenters. The van der Waals surface area contributed by atoms with Crippen LogP contribution in [0.25, 0.3) is 11.1 Å². The molecule has 1 aliphatic heterocycles. The van der Waals surface area contributed by atoms with Crippen molar-refractivity contribution in [3.63, 3.8) is 0 Å². The fraction of sp³-hybridized carbons (Fsp3) is 0.133. The molecular formula is C30H27N3O2. The standard InChI is InChI=1S/C30H27N3O2/c34-29(25-13-11-24(12-14-25)23-7-3-1-4-8-23)31-27-15-17-28(18-16-27)32-19-21-33(22-20-32)30(35)26-9-5-2-6-10-26/h1-18H,19-22H2,(H,31,34). The van der Waals surface area contributed by atoms with Crippen molar-refractivity contribution in [1.29, 1.82) is 0 Å². The first-order chi connectivity index (χ1) is 17.2. The van der Waals surface area contributed by atoms with Crippen LogP contribution in [0.15, 0.2) is 109 Å². The van der Waals surface area contributed by atoms with Crippen LogP contribution in [-0.2, 0) is 0 Å². The highest BCUT2D eigenvalue weighted by molar-refractivity contribution is 6.04. The van der Waals surface area contributed by atoms with Gasteiger partial charge in [0.05, 0.1) is 0 Å². The smallest absolute Gasteiger partial charge is 0.255 e. The minimum absolute atomic E-state index is 0.0834. The maximum atomic E-state index is 12.7. The van der Waals surface area contributed by atoms with E-state index in [4.69, 9.17) is 0 Å². The van der Waals surface area contributed by atoms with Gasteiger partial charge in [-0.25, -0.2) is 0 Å². The first-order valence-electron chi connectivity index (χ1n) is 11.8. The molecule has 5 heteroatoms. The highest BCUT2D eigenvalue weighted by Crippen LogP contribution is 2.22. The summed E-state index contributed by atoms with van der Waals surface area (Å²) in [5, 5.41) is 2.98. The van der Waals surface area contributed by atoms with E-state index >= 15 is 0 Å². The molecule has 0 aromatic heterocycles. The van der Waals surface area contributed by atoms with Gasteiger partial charge in [0.25, 0.3) is 11.8 Å². The molecule has 1 aliphatic rings. The van der Waals surface area contributed by atoms with E-state index in [9.17, 15) is 9.59 Å². The Morgan fingerprint density at radius 2 is 1.14 bits per heavy atom. The second kappa shape index (κ2) is 10.3. The summed E-state index contributed by atoms with van der Waals surface area (Å²) in [7, 11) is 0. The number of benzene rings is 4. The topological polar surface area (TPSA) is 52.7 Å². The predicted octanol–water partition coefficient (Wildman–Crippen LogP) is 5.57. The number of hydrogen-bond acceptors (Lipinski definition) is 3. The SMILES string of the molecule is O=C(Nc1ccc(N2CCN(C(=O)c3ccccc3)CC2)cc1)c1ccc(-c2ccccc2)cc1. The summed E-state index contributed by atoms with van der Waals surface area (Å²) in [6.45, 7) is 2.92. The number of carbonyl (C=O) groups is 2. The Hall–Kier alpha value is -4.38. The van der Waals surface area contributed by atoms with E-state index in [-0.39, 0.29) is 11.8 Å². The van der Waals surface area contributed by atoms with E-state index in [0.717, 1.165) is 41.2 Å². The van der Waals surface area contributed by atoms with Gasteiger partial charge in [0.15, 0.2) is 0 Å². The van der Waals surface area contributed by atoms with Crippen LogP contribution in [0, 0.1) is 0 Å². The van der Waals surface area contributed by atoms with Crippen molar-refractivity contribution in [1.82, 2.24) is 4.90 Å². The largest absolute Gasteiger partial charge is 0.368 e. The highest BCUT2D eigenvalue weighted by Gasteiger charge is 2.22. The molecule has 0 unspecified atom stereocenters. The second-order valence-corrected chi connectivity index (χ2v) is 8.59. The zero-order valence-corrected chi connectivity index (χ0v) is 19.4. The molecule has 5 rings (SSSR count). The highest BCUT2D eigenvalue weighted by atomic mass is 16.2. The number of piperazine rings is 1. The van der Waals surface area contributed by atoms with Crippen LogP contribution in [0.1, 0.15) is 20.7 Å². The van der Waals surface area contributed by atoms with Crippen LogP contribution in [0.2, 0.25) is 0 Å². The third kappa shape index (κ3) is 5.25. The average Bonchev–Trinajstić information content (AvgIpc) is 2.94. The molecule has 0 radical (unpaired) electrons. The molecule has 2 amide bonds. The molecule has 0 spiro atoms. The lowest BCUT2D eigenvalue weighted by Crippen LogP contribution is -2.48. The van der Waals surface area contributed by atoms with Gasteiger partial charge < -0.3 is 15.1 Å². The van der Waals surface area contributed by atoms with E-state index in [0.29, 0.717) is 18.7 Å². The molecule has 1 heterocycles. The maximum absolute atomic E-state index is 12.7. The molecule has 4 aromatic rings. The molecule has 0 aliphatic carbocycles. The number of nitrogens with zero attached hydrogens (tertiary/aromatic N) is 2. The lowest BCUT2D eigenvalue weighted by Gasteiger charge is -2.36.